The molecule has 62 valence electrons. The zero-order valence-electron chi connectivity index (χ0n) is 8.16. The smallest absolute Gasteiger partial charge is 0.790 e. The van der Waals surface area contributed by atoms with Crippen LogP contribution in [0, 0.1) is 0 Å². The fourth-order valence-corrected chi connectivity index (χ4v) is 1.22. The number of hydrogen-bond donors (Lipinski definition) is 0. The minimum atomic E-state index is -5.70. The van der Waals surface area contributed by atoms with Gasteiger partial charge in [-0.3, -0.25) is 8.88 Å². The van der Waals surface area contributed by atoms with Gasteiger partial charge in [-0.25, -0.2) is 0 Å². The van der Waals surface area contributed by atoms with E-state index in [0.717, 1.165) is 0 Å². The molecule has 0 saturated carbocycles. The monoisotopic (exact) mass is 282 g/mol. The Morgan fingerprint density at radius 2 is 1.14 bits per heavy atom. The second-order valence-electron chi connectivity index (χ2n) is 1.05. The molecule has 0 heterocycles. The summed E-state index contributed by atoms with van der Waals surface area (Å²) in [4.78, 5) is 28.6. The molecule has 0 amide bonds. The van der Waals surface area contributed by atoms with Gasteiger partial charge in [-0.05, 0) is 0 Å². The first-order valence-corrected chi connectivity index (χ1v) is 4.55. The molecular formula is Na4O8P2. The van der Waals surface area contributed by atoms with E-state index in [1.54, 1.807) is 0 Å². The molecule has 1 unspecified atom stereocenters. The van der Waals surface area contributed by atoms with Crippen molar-refractivity contribution in [1.29, 1.82) is 0 Å². The molecule has 8 nitrogen and oxygen atoms in total. The summed E-state index contributed by atoms with van der Waals surface area (Å²) in [5.74, 6) is 0. The van der Waals surface area contributed by atoms with Gasteiger partial charge in [0.25, 0.3) is 7.82 Å². The second kappa shape index (κ2) is 13.6. The second-order valence-corrected chi connectivity index (χ2v) is 3.64. The zero-order chi connectivity index (χ0) is 8.41. The van der Waals surface area contributed by atoms with Crippen LogP contribution in [0.25, 0.3) is 0 Å². The van der Waals surface area contributed by atoms with Crippen LogP contribution in [0.5, 0.6) is 0 Å². The van der Waals surface area contributed by atoms with Gasteiger partial charge < -0.3 is 29.2 Å². The van der Waals surface area contributed by atoms with Crippen LogP contribution in [0.4, 0.5) is 0 Å². The number of phosphoric acid groups is 2. The van der Waals surface area contributed by atoms with Crippen LogP contribution in [0.2, 0.25) is 0 Å². The SMILES string of the molecule is O=P([O-])([O-])OP(=O)([O-])O[O-].[Na+].[Na+].[Na+].[Na+]. The van der Waals surface area contributed by atoms with E-state index in [0.29, 0.717) is 0 Å². The molecule has 0 radical (unpaired) electrons. The summed E-state index contributed by atoms with van der Waals surface area (Å²) in [6.45, 7) is 0. The van der Waals surface area contributed by atoms with Crippen molar-refractivity contribution in [2.24, 2.45) is 0 Å². The van der Waals surface area contributed by atoms with Crippen LogP contribution in [-0.4, -0.2) is 0 Å². The van der Waals surface area contributed by atoms with E-state index >= 15 is 0 Å². The fourth-order valence-electron chi connectivity index (χ4n) is 0.136. The van der Waals surface area contributed by atoms with Crippen molar-refractivity contribution in [1.82, 2.24) is 0 Å². The molecule has 0 aromatic heterocycles. The summed E-state index contributed by atoms with van der Waals surface area (Å²) in [6.07, 6.45) is 0. The summed E-state index contributed by atoms with van der Waals surface area (Å²) in [7, 11) is -11.2. The Hall–Kier alpha value is 4.22. The van der Waals surface area contributed by atoms with Crippen LogP contribution < -0.4 is 138 Å². The summed E-state index contributed by atoms with van der Waals surface area (Å²) in [6, 6.07) is 0. The van der Waals surface area contributed by atoms with Crippen molar-refractivity contribution in [3.63, 3.8) is 0 Å². The van der Waals surface area contributed by atoms with E-state index in [9.17, 15) is 23.8 Å². The maximum Gasteiger partial charge on any atom is 1.00 e. The van der Waals surface area contributed by atoms with E-state index in [4.69, 9.17) is 5.26 Å². The number of hydrogen-bond acceptors (Lipinski definition) is 8. The van der Waals surface area contributed by atoms with Crippen LogP contribution in [0.3, 0.4) is 0 Å². The van der Waals surface area contributed by atoms with Gasteiger partial charge in [-0.2, -0.15) is 0 Å². The van der Waals surface area contributed by atoms with E-state index in [2.05, 4.69) is 8.99 Å². The third-order valence-electron chi connectivity index (χ3n) is 0.291. The molecule has 0 aliphatic rings. The van der Waals surface area contributed by atoms with E-state index in [1.807, 2.05) is 0 Å². The first kappa shape index (κ1) is 30.9. The van der Waals surface area contributed by atoms with Gasteiger partial charge in [0.2, 0.25) is 0 Å². The molecule has 14 heteroatoms. The zero-order valence-corrected chi connectivity index (χ0v) is 17.9. The van der Waals surface area contributed by atoms with Crippen LogP contribution in [0.15, 0.2) is 0 Å². The normalized spacial score (nSPS) is 13.1. The van der Waals surface area contributed by atoms with Crippen LogP contribution in [0.1, 0.15) is 0 Å². The van der Waals surface area contributed by atoms with E-state index in [-0.39, 0.29) is 118 Å². The third kappa shape index (κ3) is 21.5. The molecule has 0 aromatic carbocycles. The first-order chi connectivity index (χ1) is 4.27. The van der Waals surface area contributed by atoms with Crippen molar-refractivity contribution in [3.05, 3.63) is 0 Å². The van der Waals surface area contributed by atoms with Crippen LogP contribution in [-0.2, 0) is 18.1 Å². The molecule has 1 atom stereocenters. The molecular weight excluding hydrogens is 282 g/mol. The van der Waals surface area contributed by atoms with Gasteiger partial charge >= 0.3 is 118 Å². The van der Waals surface area contributed by atoms with E-state index in [1.165, 1.54) is 0 Å². The van der Waals surface area contributed by atoms with Crippen molar-refractivity contribution in [2.75, 3.05) is 0 Å². The fraction of sp³-hybridized carbons (Fsp3) is 0. The molecule has 0 saturated heterocycles. The Labute approximate surface area is 168 Å². The topological polar surface area (TPSA) is 145 Å². The Morgan fingerprint density at radius 3 is 1.21 bits per heavy atom. The van der Waals surface area contributed by atoms with Gasteiger partial charge in [0.15, 0.2) is 0 Å². The maximum absolute atomic E-state index is 9.71. The molecule has 0 aromatic rings. The minimum absolute atomic E-state index is 0. The minimum Gasteiger partial charge on any atom is -0.790 e. The summed E-state index contributed by atoms with van der Waals surface area (Å²) in [5, 5.41) is 9.03. The Kier molecular flexibility index (Phi) is 30.1. The number of rotatable bonds is 3. The molecule has 0 N–H and O–H groups in total. The van der Waals surface area contributed by atoms with Gasteiger partial charge in [0, 0.05) is 0 Å². The average molecular weight is 282 g/mol. The van der Waals surface area contributed by atoms with Crippen LogP contribution >= 0.6 is 15.6 Å². The summed E-state index contributed by atoms with van der Waals surface area (Å²) < 4.78 is 24.1. The van der Waals surface area contributed by atoms with Crippen molar-refractivity contribution in [3.8, 4) is 0 Å². The Balaban J connectivity index is -0.0000000675. The standard InChI is InChI=1S/4Na.H4O8P2/c;;;;1-7-10(5,6)8-9(2,3)4/h;;;;1H,(H,5,6)(H2,2,3,4)/q4*+1;/p-4. The van der Waals surface area contributed by atoms with Crippen molar-refractivity contribution < 1.29 is 156 Å². The molecule has 0 bridgehead atoms. The molecule has 0 aliphatic heterocycles. The predicted octanol–water partition coefficient (Wildman–Crippen LogP) is -15.4. The molecule has 0 aliphatic carbocycles. The van der Waals surface area contributed by atoms with E-state index < -0.39 is 15.6 Å². The quantitative estimate of drug-likeness (QED) is 0.214. The van der Waals surface area contributed by atoms with Gasteiger partial charge in [-0.1, -0.05) is 0 Å². The molecule has 0 spiro atoms. The maximum atomic E-state index is 9.71. The van der Waals surface area contributed by atoms with Gasteiger partial charge in [-0.15, -0.1) is 0 Å². The summed E-state index contributed by atoms with van der Waals surface area (Å²) >= 11 is 0. The Morgan fingerprint density at radius 1 is 0.857 bits per heavy atom. The van der Waals surface area contributed by atoms with Gasteiger partial charge in [0.05, 0.1) is 7.82 Å². The predicted molar refractivity (Wildman–Crippen MR) is 17.4 cm³/mol. The third-order valence-corrected chi connectivity index (χ3v) is 2.07. The average Bonchev–Trinajstić information content (AvgIpc) is 1.60. The molecule has 14 heavy (non-hydrogen) atoms. The van der Waals surface area contributed by atoms with Crippen molar-refractivity contribution >= 4 is 15.6 Å². The van der Waals surface area contributed by atoms with Gasteiger partial charge in [0.1, 0.15) is 0 Å². The Bertz CT molecular complexity index is 198. The largest absolute Gasteiger partial charge is 1.00 e. The first-order valence-electron chi connectivity index (χ1n) is 1.63. The molecule has 0 rings (SSSR count). The molecule has 0 fully saturated rings. The van der Waals surface area contributed by atoms with Crippen molar-refractivity contribution in [2.45, 2.75) is 0 Å². The summed E-state index contributed by atoms with van der Waals surface area (Å²) in [5.41, 5.74) is 0.